The van der Waals surface area contributed by atoms with Crippen molar-refractivity contribution in [2.75, 3.05) is 20.6 Å². The van der Waals surface area contributed by atoms with E-state index in [1.165, 1.54) is 4.90 Å². The highest BCUT2D eigenvalue weighted by Gasteiger charge is 2.34. The molecule has 0 spiro atoms. The van der Waals surface area contributed by atoms with Crippen LogP contribution in [0.25, 0.3) is 0 Å². The Bertz CT molecular complexity index is 527. The second kappa shape index (κ2) is 7.97. The summed E-state index contributed by atoms with van der Waals surface area (Å²) in [5, 5.41) is 15.1. The van der Waals surface area contributed by atoms with E-state index in [-0.39, 0.29) is 36.5 Å². The Morgan fingerprint density at radius 1 is 1.26 bits per heavy atom. The van der Waals surface area contributed by atoms with Crippen LogP contribution in [0.2, 0.25) is 0 Å². The smallest absolute Gasteiger partial charge is 0.317 e. The van der Waals surface area contributed by atoms with Gasteiger partial charge in [0.2, 0.25) is 5.91 Å². The molecule has 1 aromatic rings. The highest BCUT2D eigenvalue weighted by atomic mass is 16.3. The lowest BCUT2D eigenvalue weighted by molar-refractivity contribution is -0.121. The Balaban J connectivity index is 1.89. The minimum Gasteiger partial charge on any atom is -0.393 e. The lowest BCUT2D eigenvalue weighted by Crippen LogP contribution is -2.51. The van der Waals surface area contributed by atoms with E-state index in [4.69, 9.17) is 0 Å². The fourth-order valence-corrected chi connectivity index (χ4v) is 2.73. The van der Waals surface area contributed by atoms with Crippen molar-refractivity contribution in [3.05, 3.63) is 35.9 Å². The molecular formula is C17H25N3O3. The monoisotopic (exact) mass is 319 g/mol. The predicted molar refractivity (Wildman–Crippen MR) is 87.9 cm³/mol. The number of carbonyl (C=O) groups excluding carboxylic acids is 2. The third-order valence-electron chi connectivity index (χ3n) is 4.17. The van der Waals surface area contributed by atoms with Crippen LogP contribution < -0.4 is 10.6 Å². The number of hydrogen-bond acceptors (Lipinski definition) is 3. The molecule has 3 N–H and O–H groups in total. The summed E-state index contributed by atoms with van der Waals surface area (Å²) in [6.07, 6.45) is 1.89. The van der Waals surface area contributed by atoms with Gasteiger partial charge in [-0.1, -0.05) is 30.3 Å². The molecule has 0 bridgehead atoms. The van der Waals surface area contributed by atoms with Crippen molar-refractivity contribution in [1.82, 2.24) is 15.5 Å². The standard InChI is InChI=1S/C17H25N3O3/c1-20(2)17(23)18-11-16(22)19-15(13-9-14(21)10-13)8-12-6-4-3-5-7-12/h3-7,13-15,21H,8-11H2,1-2H3,(H,18,23)(H,19,22)/t13?,14?,15-/m0/s1. The first-order chi connectivity index (χ1) is 11.0. The topological polar surface area (TPSA) is 81.7 Å². The zero-order valence-electron chi connectivity index (χ0n) is 13.7. The van der Waals surface area contributed by atoms with E-state index in [9.17, 15) is 14.7 Å². The highest BCUT2D eigenvalue weighted by molar-refractivity contribution is 5.83. The minimum absolute atomic E-state index is 0.0236. The first kappa shape index (κ1) is 17.3. The third-order valence-corrected chi connectivity index (χ3v) is 4.17. The molecule has 0 heterocycles. The van der Waals surface area contributed by atoms with Crippen LogP contribution in [0.1, 0.15) is 18.4 Å². The summed E-state index contributed by atoms with van der Waals surface area (Å²) in [6, 6.07) is 9.65. The molecule has 0 aromatic heterocycles. The van der Waals surface area contributed by atoms with Gasteiger partial charge in [-0.2, -0.15) is 0 Å². The van der Waals surface area contributed by atoms with Gasteiger partial charge in [0.05, 0.1) is 12.6 Å². The first-order valence-corrected chi connectivity index (χ1v) is 7.92. The van der Waals surface area contributed by atoms with Crippen LogP contribution in [-0.4, -0.2) is 54.7 Å². The molecule has 0 unspecified atom stereocenters. The van der Waals surface area contributed by atoms with Crippen LogP contribution >= 0.6 is 0 Å². The number of amides is 3. The van der Waals surface area contributed by atoms with Crippen molar-refractivity contribution >= 4 is 11.9 Å². The lowest BCUT2D eigenvalue weighted by Gasteiger charge is -2.38. The van der Waals surface area contributed by atoms with Crippen molar-refractivity contribution in [2.45, 2.75) is 31.4 Å². The van der Waals surface area contributed by atoms with E-state index in [0.29, 0.717) is 12.8 Å². The van der Waals surface area contributed by atoms with E-state index in [1.807, 2.05) is 30.3 Å². The van der Waals surface area contributed by atoms with Crippen molar-refractivity contribution < 1.29 is 14.7 Å². The van der Waals surface area contributed by atoms with Gasteiger partial charge in [0.1, 0.15) is 0 Å². The Morgan fingerprint density at radius 3 is 2.48 bits per heavy atom. The van der Waals surface area contributed by atoms with Gasteiger partial charge >= 0.3 is 6.03 Å². The molecule has 3 amide bonds. The van der Waals surface area contributed by atoms with Gasteiger partial charge < -0.3 is 20.6 Å². The third kappa shape index (κ3) is 5.25. The summed E-state index contributed by atoms with van der Waals surface area (Å²) in [4.78, 5) is 24.9. The SMILES string of the molecule is CN(C)C(=O)NCC(=O)N[C@@H](Cc1ccccc1)C1CC(O)C1. The average Bonchev–Trinajstić information content (AvgIpc) is 2.49. The van der Waals surface area contributed by atoms with E-state index >= 15 is 0 Å². The minimum atomic E-state index is -0.293. The molecule has 126 valence electrons. The molecule has 0 aliphatic heterocycles. The fraction of sp³-hybridized carbons (Fsp3) is 0.529. The molecule has 0 radical (unpaired) electrons. The average molecular weight is 319 g/mol. The lowest BCUT2D eigenvalue weighted by atomic mass is 9.75. The van der Waals surface area contributed by atoms with Crippen LogP contribution in [0.4, 0.5) is 4.79 Å². The number of aliphatic hydroxyl groups excluding tert-OH is 1. The van der Waals surface area contributed by atoms with Crippen LogP contribution in [0.5, 0.6) is 0 Å². The van der Waals surface area contributed by atoms with Gasteiger partial charge in [-0.25, -0.2) is 4.79 Å². The maximum atomic E-state index is 12.1. The van der Waals surface area contributed by atoms with E-state index < -0.39 is 0 Å². The van der Waals surface area contributed by atoms with Crippen LogP contribution in [0, 0.1) is 5.92 Å². The summed E-state index contributed by atoms with van der Waals surface area (Å²) in [7, 11) is 3.25. The largest absolute Gasteiger partial charge is 0.393 e. The number of aliphatic hydroxyl groups is 1. The maximum Gasteiger partial charge on any atom is 0.317 e. The highest BCUT2D eigenvalue weighted by Crippen LogP contribution is 2.31. The Labute approximate surface area is 136 Å². The maximum absolute atomic E-state index is 12.1. The summed E-state index contributed by atoms with van der Waals surface area (Å²) in [5.74, 6) is 0.0706. The van der Waals surface area contributed by atoms with Crippen LogP contribution in [-0.2, 0) is 11.2 Å². The van der Waals surface area contributed by atoms with Gasteiger partial charge in [0.25, 0.3) is 0 Å². The first-order valence-electron chi connectivity index (χ1n) is 7.92. The van der Waals surface area contributed by atoms with Gasteiger partial charge in [0.15, 0.2) is 0 Å². The van der Waals surface area contributed by atoms with Gasteiger partial charge in [0, 0.05) is 20.1 Å². The molecular weight excluding hydrogens is 294 g/mol. The molecule has 1 aliphatic carbocycles. The summed E-state index contributed by atoms with van der Waals surface area (Å²) < 4.78 is 0. The van der Waals surface area contributed by atoms with Crippen molar-refractivity contribution in [2.24, 2.45) is 5.92 Å². The van der Waals surface area contributed by atoms with E-state index in [0.717, 1.165) is 12.0 Å². The van der Waals surface area contributed by atoms with Crippen molar-refractivity contribution in [3.63, 3.8) is 0 Å². The molecule has 1 saturated carbocycles. The molecule has 1 aromatic carbocycles. The van der Waals surface area contributed by atoms with Crippen LogP contribution in [0.15, 0.2) is 30.3 Å². The second-order valence-corrected chi connectivity index (χ2v) is 6.30. The number of urea groups is 1. The molecule has 0 saturated heterocycles. The number of nitrogens with one attached hydrogen (secondary N) is 2. The van der Waals surface area contributed by atoms with Gasteiger partial charge in [-0.3, -0.25) is 4.79 Å². The Morgan fingerprint density at radius 2 is 1.91 bits per heavy atom. The molecule has 1 fully saturated rings. The molecule has 1 atom stereocenters. The summed E-state index contributed by atoms with van der Waals surface area (Å²) in [6.45, 7) is -0.0441. The number of nitrogens with zero attached hydrogens (tertiary/aromatic N) is 1. The second-order valence-electron chi connectivity index (χ2n) is 6.30. The Hall–Kier alpha value is -2.08. The fourth-order valence-electron chi connectivity index (χ4n) is 2.73. The predicted octanol–water partition coefficient (Wildman–Crippen LogP) is 0.756. The summed E-state index contributed by atoms with van der Waals surface area (Å²) >= 11 is 0. The zero-order chi connectivity index (χ0) is 16.8. The van der Waals surface area contributed by atoms with Crippen molar-refractivity contribution in [1.29, 1.82) is 0 Å². The number of rotatable bonds is 6. The molecule has 23 heavy (non-hydrogen) atoms. The number of benzene rings is 1. The van der Waals surface area contributed by atoms with E-state index in [1.54, 1.807) is 14.1 Å². The molecule has 6 nitrogen and oxygen atoms in total. The number of hydrogen-bond donors (Lipinski definition) is 3. The van der Waals surface area contributed by atoms with Crippen LogP contribution in [0.3, 0.4) is 0 Å². The van der Waals surface area contributed by atoms with E-state index in [2.05, 4.69) is 10.6 Å². The zero-order valence-corrected chi connectivity index (χ0v) is 13.7. The van der Waals surface area contributed by atoms with Crippen molar-refractivity contribution in [3.8, 4) is 0 Å². The molecule has 2 rings (SSSR count). The van der Waals surface area contributed by atoms with Gasteiger partial charge in [-0.05, 0) is 30.7 Å². The number of carbonyl (C=O) groups is 2. The molecule has 1 aliphatic rings. The Kier molecular flexibility index (Phi) is 5.98. The summed E-state index contributed by atoms with van der Waals surface area (Å²) in [5.41, 5.74) is 1.15. The van der Waals surface area contributed by atoms with Gasteiger partial charge in [-0.15, -0.1) is 0 Å². The normalized spacial score (nSPS) is 21.0. The quantitative estimate of drug-likeness (QED) is 0.724. The molecule has 6 heteroatoms.